The Kier molecular flexibility index (Phi) is 6.84. The topological polar surface area (TPSA) is 131 Å². The number of methoxy groups -OCH3 is 1. The summed E-state index contributed by atoms with van der Waals surface area (Å²) in [5.74, 6) is -3.35. The van der Waals surface area contributed by atoms with Crippen molar-refractivity contribution in [3.05, 3.63) is 35.8 Å². The van der Waals surface area contributed by atoms with E-state index in [2.05, 4.69) is 20.4 Å². The molecular formula is C26H31F3N8O3. The molecular weight excluding hydrogens is 529 g/mol. The van der Waals surface area contributed by atoms with E-state index in [0.717, 1.165) is 0 Å². The van der Waals surface area contributed by atoms with Crippen molar-refractivity contribution < 1.29 is 27.5 Å². The second-order valence-corrected chi connectivity index (χ2v) is 11.3. The molecule has 14 heteroatoms. The summed E-state index contributed by atoms with van der Waals surface area (Å²) >= 11 is 0. The number of pyridine rings is 1. The van der Waals surface area contributed by atoms with Crippen molar-refractivity contribution in [2.75, 3.05) is 39.0 Å². The number of carbonyl (C=O) groups is 2. The van der Waals surface area contributed by atoms with Gasteiger partial charge in [-0.05, 0) is 17.7 Å². The van der Waals surface area contributed by atoms with Crippen LogP contribution in [0.5, 0.6) is 5.88 Å². The van der Waals surface area contributed by atoms with Gasteiger partial charge in [-0.15, -0.1) is 0 Å². The molecule has 0 unspecified atom stereocenters. The number of rotatable bonds is 6. The molecule has 0 spiro atoms. The summed E-state index contributed by atoms with van der Waals surface area (Å²) in [6.45, 7) is 4.67. The predicted molar refractivity (Wildman–Crippen MR) is 140 cm³/mol. The first-order valence-corrected chi connectivity index (χ1v) is 12.8. The standard InChI is InChI=1S/C26H31F3N8O3/c1-25(2,3)24(39)36-9-17(27)18(10-36)34-22(38)16-5-14(7-31-23(16)40-4)19-6-15(8-35-11-26(28,29)12-35)20-21(30)32-13-33-37(19)20/h5-7,13,17-18H,8-12H2,1-4H3,(H,34,38)(H2,30,32,33)/t17-,18+/m0/s1. The van der Waals surface area contributed by atoms with Gasteiger partial charge in [-0.25, -0.2) is 27.7 Å². The van der Waals surface area contributed by atoms with E-state index in [1.807, 2.05) is 0 Å². The first-order chi connectivity index (χ1) is 18.8. The van der Waals surface area contributed by atoms with Gasteiger partial charge in [0.15, 0.2) is 5.82 Å². The summed E-state index contributed by atoms with van der Waals surface area (Å²) in [4.78, 5) is 37.3. The first kappa shape index (κ1) is 27.6. The largest absolute Gasteiger partial charge is 0.480 e. The van der Waals surface area contributed by atoms with Gasteiger partial charge in [0.2, 0.25) is 11.8 Å². The number of hydrogen-bond donors (Lipinski definition) is 2. The summed E-state index contributed by atoms with van der Waals surface area (Å²) in [6, 6.07) is 2.37. The number of aromatic nitrogens is 4. The van der Waals surface area contributed by atoms with E-state index < -0.39 is 29.5 Å². The molecule has 11 nitrogen and oxygen atoms in total. The number of hydrogen-bond acceptors (Lipinski definition) is 8. The number of alkyl halides is 3. The van der Waals surface area contributed by atoms with Crippen LogP contribution in [0.2, 0.25) is 0 Å². The number of halogens is 3. The highest BCUT2D eigenvalue weighted by Gasteiger charge is 2.44. The van der Waals surface area contributed by atoms with E-state index in [4.69, 9.17) is 10.5 Å². The Labute approximate surface area is 228 Å². The molecule has 2 aliphatic rings. The van der Waals surface area contributed by atoms with Crippen molar-refractivity contribution in [2.45, 2.75) is 45.5 Å². The second-order valence-electron chi connectivity index (χ2n) is 11.3. The maximum atomic E-state index is 14.9. The third kappa shape index (κ3) is 5.15. The molecule has 40 heavy (non-hydrogen) atoms. The minimum Gasteiger partial charge on any atom is -0.480 e. The van der Waals surface area contributed by atoms with Crippen LogP contribution in [-0.4, -0.2) is 92.6 Å². The van der Waals surface area contributed by atoms with Crippen molar-refractivity contribution in [2.24, 2.45) is 5.41 Å². The zero-order valence-corrected chi connectivity index (χ0v) is 22.6. The number of nitrogens with two attached hydrogens (primary N) is 1. The molecule has 2 aliphatic heterocycles. The van der Waals surface area contributed by atoms with Crippen LogP contribution in [0.15, 0.2) is 24.7 Å². The molecule has 0 aromatic carbocycles. The molecule has 3 aromatic rings. The summed E-state index contributed by atoms with van der Waals surface area (Å²) in [6.07, 6.45) is 1.31. The van der Waals surface area contributed by atoms with Gasteiger partial charge in [0.05, 0.1) is 38.5 Å². The highest BCUT2D eigenvalue weighted by atomic mass is 19.3. The van der Waals surface area contributed by atoms with Crippen molar-refractivity contribution in [3.8, 4) is 17.1 Å². The molecule has 3 N–H and O–H groups in total. The molecule has 0 radical (unpaired) electrons. The normalized spacial score (nSPS) is 20.9. The van der Waals surface area contributed by atoms with Gasteiger partial charge in [0.1, 0.15) is 23.6 Å². The molecule has 0 bridgehead atoms. The van der Waals surface area contributed by atoms with Gasteiger partial charge in [-0.2, -0.15) is 5.10 Å². The van der Waals surface area contributed by atoms with Crippen molar-refractivity contribution >= 4 is 23.1 Å². The highest BCUT2D eigenvalue weighted by Crippen LogP contribution is 2.34. The fourth-order valence-electron chi connectivity index (χ4n) is 5.14. The van der Waals surface area contributed by atoms with Crippen LogP contribution in [-0.2, 0) is 11.3 Å². The van der Waals surface area contributed by atoms with E-state index in [9.17, 15) is 22.8 Å². The van der Waals surface area contributed by atoms with Gasteiger partial charge >= 0.3 is 0 Å². The lowest BCUT2D eigenvalue weighted by molar-refractivity contribution is -0.138. The molecule has 214 valence electrons. The maximum Gasteiger partial charge on any atom is 0.272 e. The molecule has 2 atom stereocenters. The molecule has 0 aliphatic carbocycles. The second kappa shape index (κ2) is 9.91. The van der Waals surface area contributed by atoms with Gasteiger partial charge < -0.3 is 20.7 Å². The average molecular weight is 561 g/mol. The van der Waals surface area contributed by atoms with Crippen LogP contribution in [0.25, 0.3) is 16.8 Å². The summed E-state index contributed by atoms with van der Waals surface area (Å²) in [7, 11) is 1.36. The van der Waals surface area contributed by atoms with E-state index in [-0.39, 0.29) is 55.9 Å². The predicted octanol–water partition coefficient (Wildman–Crippen LogP) is 2.16. The van der Waals surface area contributed by atoms with Gasteiger partial charge in [0, 0.05) is 30.3 Å². The van der Waals surface area contributed by atoms with Gasteiger partial charge in [-0.1, -0.05) is 20.8 Å². The Morgan fingerprint density at radius 2 is 1.93 bits per heavy atom. The van der Waals surface area contributed by atoms with E-state index >= 15 is 0 Å². The Balaban J connectivity index is 1.43. The van der Waals surface area contributed by atoms with E-state index in [0.29, 0.717) is 22.3 Å². The number of ether oxygens (including phenoxy) is 1. The number of amides is 2. The minimum atomic E-state index is -2.72. The van der Waals surface area contributed by atoms with Crippen LogP contribution < -0.4 is 15.8 Å². The zero-order valence-electron chi connectivity index (χ0n) is 22.6. The molecule has 5 heterocycles. The van der Waals surface area contributed by atoms with Crippen LogP contribution >= 0.6 is 0 Å². The third-order valence-corrected chi connectivity index (χ3v) is 7.04. The fraction of sp³-hybridized carbons (Fsp3) is 0.500. The average Bonchev–Trinajstić information content (AvgIpc) is 3.42. The molecule has 5 rings (SSSR count). The molecule has 2 fully saturated rings. The summed E-state index contributed by atoms with van der Waals surface area (Å²) in [5, 5.41) is 6.96. The minimum absolute atomic E-state index is 0.0234. The molecule has 2 saturated heterocycles. The lowest BCUT2D eigenvalue weighted by Crippen LogP contribution is -2.55. The third-order valence-electron chi connectivity index (χ3n) is 7.04. The van der Waals surface area contributed by atoms with E-state index in [1.54, 1.807) is 31.7 Å². The van der Waals surface area contributed by atoms with E-state index in [1.165, 1.54) is 35.1 Å². The Bertz CT molecular complexity index is 1460. The van der Waals surface area contributed by atoms with Crippen LogP contribution in [0.3, 0.4) is 0 Å². The van der Waals surface area contributed by atoms with Crippen molar-refractivity contribution in [3.63, 3.8) is 0 Å². The number of anilines is 1. The van der Waals surface area contributed by atoms with Gasteiger partial charge in [-0.3, -0.25) is 14.5 Å². The van der Waals surface area contributed by atoms with Crippen molar-refractivity contribution in [1.82, 2.24) is 34.7 Å². The molecule has 3 aromatic heterocycles. The number of likely N-dealkylation sites (tertiary alicyclic amines) is 2. The lowest BCUT2D eigenvalue weighted by Gasteiger charge is -2.38. The van der Waals surface area contributed by atoms with Crippen LogP contribution in [0.4, 0.5) is 19.0 Å². The smallest absolute Gasteiger partial charge is 0.272 e. The number of nitrogens with zero attached hydrogens (tertiary/aromatic N) is 6. The Morgan fingerprint density at radius 1 is 1.20 bits per heavy atom. The molecule has 2 amide bonds. The molecule has 0 saturated carbocycles. The monoisotopic (exact) mass is 560 g/mol. The lowest BCUT2D eigenvalue weighted by atomic mass is 9.95. The van der Waals surface area contributed by atoms with Crippen LogP contribution in [0, 0.1) is 5.41 Å². The number of carbonyl (C=O) groups excluding carboxylic acids is 2. The first-order valence-electron chi connectivity index (χ1n) is 12.8. The fourth-order valence-corrected chi connectivity index (χ4v) is 5.14. The van der Waals surface area contributed by atoms with Crippen molar-refractivity contribution in [1.29, 1.82) is 0 Å². The zero-order chi connectivity index (χ0) is 29.0. The highest BCUT2D eigenvalue weighted by molar-refractivity contribution is 5.98. The SMILES string of the molecule is COc1ncc(-c2cc(CN3CC(F)(F)C3)c3c(N)ncnn23)cc1C(=O)N[C@@H]1CN(C(=O)C(C)(C)C)C[C@@H]1F. The Morgan fingerprint density at radius 3 is 2.58 bits per heavy atom. The van der Waals surface area contributed by atoms with Crippen LogP contribution in [0.1, 0.15) is 36.7 Å². The number of nitrogens with one attached hydrogen (secondary N) is 1. The quantitative estimate of drug-likeness (QED) is 0.469. The summed E-state index contributed by atoms with van der Waals surface area (Å²) in [5.41, 5.74) is 7.56. The van der Waals surface area contributed by atoms with Gasteiger partial charge in [0.25, 0.3) is 11.8 Å². The number of nitrogen functional groups attached to an aromatic ring is 1. The maximum absolute atomic E-state index is 14.9. The Hall–Kier alpha value is -3.94. The number of fused-ring (bicyclic) bond motifs is 1. The summed E-state index contributed by atoms with van der Waals surface area (Å²) < 4.78 is 48.5.